The molecule has 0 aromatic heterocycles. The van der Waals surface area contributed by atoms with Crippen LogP contribution in [-0.4, -0.2) is 51.4 Å². The molecule has 2 rings (SSSR count). The molecule has 1 aromatic carbocycles. The molecule has 0 bridgehead atoms. The molecule has 1 heterocycles. The highest BCUT2D eigenvalue weighted by Crippen LogP contribution is 2.21. The van der Waals surface area contributed by atoms with E-state index in [4.69, 9.17) is 9.88 Å². The number of sulfonamides is 1. The van der Waals surface area contributed by atoms with Crippen LogP contribution in [0.1, 0.15) is 26.2 Å². The third-order valence-electron chi connectivity index (χ3n) is 4.56. The summed E-state index contributed by atoms with van der Waals surface area (Å²) in [6.45, 7) is 2.93. The van der Waals surface area contributed by atoms with Crippen LogP contribution >= 0.6 is 0 Å². The second-order valence-corrected chi connectivity index (χ2v) is 7.85. The van der Waals surface area contributed by atoms with E-state index in [1.807, 2.05) is 6.92 Å². The van der Waals surface area contributed by atoms with Gasteiger partial charge in [-0.1, -0.05) is 6.92 Å². The molecule has 1 aromatic rings. The minimum atomic E-state index is -3.75. The molecule has 144 valence electrons. The maximum atomic E-state index is 12.4. The summed E-state index contributed by atoms with van der Waals surface area (Å²) in [5, 5.41) is 7.82. The molecule has 0 saturated carbocycles. The van der Waals surface area contributed by atoms with Gasteiger partial charge in [-0.2, -0.15) is 0 Å². The summed E-state index contributed by atoms with van der Waals surface area (Å²) in [5.41, 5.74) is 0.506. The van der Waals surface area contributed by atoms with Crippen molar-refractivity contribution < 1.29 is 22.7 Å². The fraction of sp³-hybridized carbons (Fsp3) is 0.529. The van der Waals surface area contributed by atoms with Crippen molar-refractivity contribution in [1.82, 2.24) is 4.90 Å². The number of ether oxygens (including phenoxy) is 1. The molecule has 26 heavy (non-hydrogen) atoms. The minimum Gasteiger partial charge on any atom is -0.372 e. The summed E-state index contributed by atoms with van der Waals surface area (Å²) >= 11 is 0. The zero-order valence-corrected chi connectivity index (χ0v) is 15.8. The van der Waals surface area contributed by atoms with Crippen molar-refractivity contribution in [1.29, 1.82) is 0 Å². The molecule has 1 saturated heterocycles. The van der Waals surface area contributed by atoms with E-state index in [1.54, 1.807) is 4.90 Å². The molecule has 3 N–H and O–H groups in total. The van der Waals surface area contributed by atoms with E-state index >= 15 is 0 Å². The van der Waals surface area contributed by atoms with E-state index < -0.39 is 16.1 Å². The molecule has 9 heteroatoms. The Kier molecular flexibility index (Phi) is 6.74. The predicted molar refractivity (Wildman–Crippen MR) is 96.8 cm³/mol. The minimum absolute atomic E-state index is 0.00839. The van der Waals surface area contributed by atoms with Crippen molar-refractivity contribution in [3.05, 3.63) is 24.3 Å². The summed E-state index contributed by atoms with van der Waals surface area (Å²) in [7, 11) is -2.23. The molecule has 1 unspecified atom stereocenters. The lowest BCUT2D eigenvalue weighted by Gasteiger charge is -2.33. The average molecular weight is 383 g/mol. The largest absolute Gasteiger partial charge is 0.372 e. The first-order valence-electron chi connectivity index (χ1n) is 8.51. The van der Waals surface area contributed by atoms with Crippen molar-refractivity contribution in [3.8, 4) is 0 Å². The lowest BCUT2D eigenvalue weighted by atomic mass is 9.95. The van der Waals surface area contributed by atoms with Gasteiger partial charge >= 0.3 is 0 Å². The molecule has 8 nitrogen and oxygen atoms in total. The van der Waals surface area contributed by atoms with E-state index in [0.717, 1.165) is 0 Å². The van der Waals surface area contributed by atoms with Gasteiger partial charge in [0, 0.05) is 31.8 Å². The first kappa shape index (κ1) is 20.3. The van der Waals surface area contributed by atoms with E-state index in [2.05, 4.69) is 5.32 Å². The topological polar surface area (TPSA) is 119 Å². The molecule has 1 aliphatic heterocycles. The normalized spacial score (nSPS) is 17.0. The fourth-order valence-electron chi connectivity index (χ4n) is 2.98. The zero-order valence-electron chi connectivity index (χ0n) is 15.0. The number of hydrogen-bond donors (Lipinski definition) is 2. The molecule has 0 radical (unpaired) electrons. The quantitative estimate of drug-likeness (QED) is 0.758. The van der Waals surface area contributed by atoms with Crippen molar-refractivity contribution in [2.45, 2.75) is 37.2 Å². The van der Waals surface area contributed by atoms with Gasteiger partial charge in [-0.25, -0.2) is 13.6 Å². The van der Waals surface area contributed by atoms with Gasteiger partial charge in [-0.05, 0) is 43.5 Å². The summed E-state index contributed by atoms with van der Waals surface area (Å²) < 4.78 is 27.7. The highest BCUT2D eigenvalue weighted by atomic mass is 32.2. The van der Waals surface area contributed by atoms with E-state index in [1.165, 1.54) is 31.4 Å². The molecule has 0 spiro atoms. The first-order valence-corrected chi connectivity index (χ1v) is 10.1. The monoisotopic (exact) mass is 383 g/mol. The molecule has 1 atom stereocenters. The van der Waals surface area contributed by atoms with Crippen molar-refractivity contribution in [3.63, 3.8) is 0 Å². The number of benzene rings is 1. The Morgan fingerprint density at radius 1 is 1.27 bits per heavy atom. The molecule has 1 aliphatic rings. The van der Waals surface area contributed by atoms with Gasteiger partial charge in [0.2, 0.25) is 15.9 Å². The highest BCUT2D eigenvalue weighted by molar-refractivity contribution is 7.89. The summed E-state index contributed by atoms with van der Waals surface area (Å²) in [6, 6.07) is 5.70. The Morgan fingerprint density at radius 3 is 2.31 bits per heavy atom. The molecule has 2 amide bonds. The van der Waals surface area contributed by atoms with Gasteiger partial charge < -0.3 is 15.0 Å². The maximum Gasteiger partial charge on any atom is 0.251 e. The SMILES string of the molecule is CCC(OC)C(=O)N1CCC(C(=O)Nc2ccc(S(N)(=O)=O)cc2)CC1. The highest BCUT2D eigenvalue weighted by Gasteiger charge is 2.30. The standard InChI is InChI=1S/C17H25N3O5S/c1-3-15(25-2)17(22)20-10-8-12(9-11-20)16(21)19-13-4-6-14(7-5-13)26(18,23)24/h4-7,12,15H,3,8-11H2,1-2H3,(H,19,21)(H2,18,23,24). The predicted octanol–water partition coefficient (Wildman–Crippen LogP) is 0.936. The number of amides is 2. The number of primary sulfonamides is 1. The van der Waals surface area contributed by atoms with Crippen LogP contribution in [0.5, 0.6) is 0 Å². The van der Waals surface area contributed by atoms with Crippen LogP contribution in [0.3, 0.4) is 0 Å². The Morgan fingerprint density at radius 2 is 1.85 bits per heavy atom. The average Bonchev–Trinajstić information content (AvgIpc) is 2.62. The van der Waals surface area contributed by atoms with Crippen LogP contribution < -0.4 is 10.5 Å². The Bertz CT molecular complexity index is 736. The number of hydrogen-bond acceptors (Lipinski definition) is 5. The van der Waals surface area contributed by atoms with Crippen LogP contribution in [0.2, 0.25) is 0 Å². The van der Waals surface area contributed by atoms with Gasteiger partial charge in [-0.15, -0.1) is 0 Å². The van der Waals surface area contributed by atoms with Gasteiger partial charge in [0.25, 0.3) is 5.91 Å². The van der Waals surface area contributed by atoms with Gasteiger partial charge in [-0.3, -0.25) is 9.59 Å². The van der Waals surface area contributed by atoms with E-state index in [-0.39, 0.29) is 22.6 Å². The van der Waals surface area contributed by atoms with E-state index in [9.17, 15) is 18.0 Å². The lowest BCUT2D eigenvalue weighted by Crippen LogP contribution is -2.46. The van der Waals surface area contributed by atoms with Gasteiger partial charge in [0.1, 0.15) is 6.10 Å². The van der Waals surface area contributed by atoms with Gasteiger partial charge in [0.05, 0.1) is 4.90 Å². The Balaban J connectivity index is 1.89. The zero-order chi connectivity index (χ0) is 19.3. The molecule has 0 aliphatic carbocycles. The second kappa shape index (κ2) is 8.61. The van der Waals surface area contributed by atoms with Crippen LogP contribution in [0.25, 0.3) is 0 Å². The van der Waals surface area contributed by atoms with E-state index in [0.29, 0.717) is 38.0 Å². The number of methoxy groups -OCH3 is 1. The molecule has 1 fully saturated rings. The van der Waals surface area contributed by atoms with Crippen molar-refractivity contribution in [2.75, 3.05) is 25.5 Å². The van der Waals surface area contributed by atoms with Crippen molar-refractivity contribution in [2.24, 2.45) is 11.1 Å². The van der Waals surface area contributed by atoms with Crippen LogP contribution in [0.15, 0.2) is 29.2 Å². The number of likely N-dealkylation sites (tertiary alicyclic amines) is 1. The van der Waals surface area contributed by atoms with Gasteiger partial charge in [0.15, 0.2) is 0 Å². The van der Waals surface area contributed by atoms with Crippen LogP contribution in [0, 0.1) is 5.92 Å². The fourth-order valence-corrected chi connectivity index (χ4v) is 3.50. The summed E-state index contributed by atoms with van der Waals surface area (Å²) in [5.74, 6) is -0.369. The lowest BCUT2D eigenvalue weighted by molar-refractivity contribution is -0.144. The second-order valence-electron chi connectivity index (χ2n) is 6.29. The number of rotatable bonds is 6. The smallest absolute Gasteiger partial charge is 0.251 e. The van der Waals surface area contributed by atoms with Crippen LogP contribution in [0.4, 0.5) is 5.69 Å². The first-order chi connectivity index (χ1) is 12.3. The number of nitrogens with one attached hydrogen (secondary N) is 1. The molecular formula is C17H25N3O5S. The number of nitrogens with zero attached hydrogens (tertiary/aromatic N) is 1. The third kappa shape index (κ3) is 5.03. The summed E-state index contributed by atoms with van der Waals surface area (Å²) in [4.78, 5) is 26.4. The maximum absolute atomic E-state index is 12.4. The Hall–Kier alpha value is -1.97. The number of anilines is 1. The van der Waals surface area contributed by atoms with Crippen molar-refractivity contribution >= 4 is 27.5 Å². The Labute approximate surface area is 153 Å². The molecular weight excluding hydrogens is 358 g/mol. The third-order valence-corrected chi connectivity index (χ3v) is 5.49. The summed E-state index contributed by atoms with van der Waals surface area (Å²) in [6.07, 6.45) is 1.34. The number of carbonyl (C=O) groups excluding carboxylic acids is 2. The van der Waals surface area contributed by atoms with Crippen LogP contribution in [-0.2, 0) is 24.3 Å². The number of piperidine rings is 1. The number of carbonyl (C=O) groups is 2. The number of nitrogens with two attached hydrogens (primary N) is 1.